The molecule has 0 radical (unpaired) electrons. The van der Waals surface area contributed by atoms with Gasteiger partial charge in [0.05, 0.1) is 12.7 Å². The molecule has 0 aromatic heterocycles. The van der Waals surface area contributed by atoms with Crippen molar-refractivity contribution in [2.75, 3.05) is 39.9 Å². The van der Waals surface area contributed by atoms with Gasteiger partial charge in [-0.15, -0.1) is 0 Å². The molecule has 1 saturated heterocycles. The molecule has 0 amide bonds. The van der Waals surface area contributed by atoms with Crippen molar-refractivity contribution < 1.29 is 4.74 Å². The summed E-state index contributed by atoms with van der Waals surface area (Å²) in [6.45, 7) is 4.13. The van der Waals surface area contributed by atoms with E-state index in [0.29, 0.717) is 6.54 Å². The van der Waals surface area contributed by atoms with E-state index in [1.54, 1.807) is 0 Å². The second kappa shape index (κ2) is 6.67. The third-order valence-corrected chi connectivity index (χ3v) is 3.66. The van der Waals surface area contributed by atoms with Crippen molar-refractivity contribution in [3.63, 3.8) is 0 Å². The largest absolute Gasteiger partial charge is 0.380 e. The molecule has 1 fully saturated rings. The lowest BCUT2D eigenvalue weighted by atomic mass is 9.90. The smallest absolute Gasteiger partial charge is 0.144 e. The van der Waals surface area contributed by atoms with Crippen LogP contribution in [-0.2, 0) is 10.3 Å². The first-order valence-corrected chi connectivity index (χ1v) is 6.76. The Labute approximate surface area is 115 Å². The van der Waals surface area contributed by atoms with E-state index in [1.807, 2.05) is 37.4 Å². The number of ether oxygens (including phenoxy) is 1. The number of nitrogens with one attached hydrogen (secondary N) is 1. The minimum atomic E-state index is -0.647. The summed E-state index contributed by atoms with van der Waals surface area (Å²) in [5.74, 6) is 0. The number of hydrogen-bond donors (Lipinski definition) is 1. The molecule has 0 spiro atoms. The van der Waals surface area contributed by atoms with Crippen LogP contribution in [0.25, 0.3) is 0 Å². The number of nitrogens with zero attached hydrogens (tertiary/aromatic N) is 2. The second-order valence-corrected chi connectivity index (χ2v) is 4.88. The van der Waals surface area contributed by atoms with Gasteiger partial charge in [-0.3, -0.25) is 10.2 Å². The van der Waals surface area contributed by atoms with Gasteiger partial charge in [-0.25, -0.2) is 0 Å². The molecule has 0 bridgehead atoms. The summed E-state index contributed by atoms with van der Waals surface area (Å²) in [6, 6.07) is 12.4. The molecule has 1 aromatic rings. The first kappa shape index (κ1) is 14.0. The van der Waals surface area contributed by atoms with Gasteiger partial charge in [0.25, 0.3) is 0 Å². The molecule has 19 heavy (non-hydrogen) atoms. The molecule has 1 aliphatic rings. The minimum Gasteiger partial charge on any atom is -0.380 e. The lowest BCUT2D eigenvalue weighted by molar-refractivity contribution is 0.137. The van der Waals surface area contributed by atoms with Crippen molar-refractivity contribution in [2.45, 2.75) is 12.0 Å². The molecule has 4 nitrogen and oxygen atoms in total. The van der Waals surface area contributed by atoms with Gasteiger partial charge in [-0.05, 0) is 19.0 Å². The number of likely N-dealkylation sites (N-methyl/N-ethyl adjacent to an activating group) is 1. The van der Waals surface area contributed by atoms with Crippen LogP contribution in [0.3, 0.4) is 0 Å². The van der Waals surface area contributed by atoms with E-state index >= 15 is 0 Å². The number of benzene rings is 1. The highest BCUT2D eigenvalue weighted by Gasteiger charge is 2.32. The standard InChI is InChI=1S/C15H21N3O/c1-17-15(12-16,14-6-3-2-4-7-14)13-18-8-5-10-19-11-9-18/h2-4,6-7,17H,5,8-11,13H2,1H3. The molecule has 0 aliphatic carbocycles. The molecule has 0 saturated carbocycles. The molecule has 1 atom stereocenters. The third-order valence-electron chi connectivity index (χ3n) is 3.66. The highest BCUT2D eigenvalue weighted by atomic mass is 16.5. The first-order valence-electron chi connectivity index (χ1n) is 6.76. The normalized spacial score (nSPS) is 20.2. The van der Waals surface area contributed by atoms with Crippen molar-refractivity contribution in [2.24, 2.45) is 0 Å². The lowest BCUT2D eigenvalue weighted by Gasteiger charge is -2.32. The van der Waals surface area contributed by atoms with Crippen LogP contribution in [0.2, 0.25) is 0 Å². The average Bonchev–Trinajstić information content (AvgIpc) is 2.74. The number of rotatable bonds is 4. The van der Waals surface area contributed by atoms with E-state index in [0.717, 1.165) is 38.3 Å². The van der Waals surface area contributed by atoms with E-state index in [-0.39, 0.29) is 0 Å². The van der Waals surface area contributed by atoms with Crippen LogP contribution in [0.1, 0.15) is 12.0 Å². The predicted octanol–water partition coefficient (Wildman–Crippen LogP) is 1.35. The quantitative estimate of drug-likeness (QED) is 0.886. The van der Waals surface area contributed by atoms with E-state index in [1.165, 1.54) is 0 Å². The van der Waals surface area contributed by atoms with E-state index in [4.69, 9.17) is 4.74 Å². The summed E-state index contributed by atoms with van der Waals surface area (Å²) in [6.07, 6.45) is 1.03. The van der Waals surface area contributed by atoms with Gasteiger partial charge in [0.15, 0.2) is 0 Å². The maximum atomic E-state index is 9.66. The van der Waals surface area contributed by atoms with Crippen molar-refractivity contribution in [1.82, 2.24) is 10.2 Å². The van der Waals surface area contributed by atoms with E-state index in [9.17, 15) is 5.26 Å². The molecule has 1 aliphatic heterocycles. The van der Waals surface area contributed by atoms with Gasteiger partial charge >= 0.3 is 0 Å². The van der Waals surface area contributed by atoms with Crippen LogP contribution in [0.5, 0.6) is 0 Å². The zero-order chi connectivity index (χ0) is 13.6. The average molecular weight is 259 g/mol. The Morgan fingerprint density at radius 1 is 1.32 bits per heavy atom. The fourth-order valence-electron chi connectivity index (χ4n) is 2.48. The van der Waals surface area contributed by atoms with E-state index in [2.05, 4.69) is 16.3 Å². The Hall–Kier alpha value is -1.41. The van der Waals surface area contributed by atoms with Gasteiger partial charge in [0.1, 0.15) is 5.54 Å². The van der Waals surface area contributed by atoms with Crippen LogP contribution in [0, 0.1) is 11.3 Å². The maximum absolute atomic E-state index is 9.66. The van der Waals surface area contributed by atoms with Gasteiger partial charge in [0.2, 0.25) is 0 Å². The molecular formula is C15H21N3O. The maximum Gasteiger partial charge on any atom is 0.144 e. The lowest BCUT2D eigenvalue weighted by Crippen LogP contribution is -2.49. The van der Waals surface area contributed by atoms with Crippen LogP contribution in [-0.4, -0.2) is 44.8 Å². The Morgan fingerprint density at radius 2 is 2.11 bits per heavy atom. The van der Waals surface area contributed by atoms with Crippen LogP contribution in [0.4, 0.5) is 0 Å². The molecule has 2 rings (SSSR count). The summed E-state index contributed by atoms with van der Waals surface area (Å²) >= 11 is 0. The summed E-state index contributed by atoms with van der Waals surface area (Å²) in [4.78, 5) is 2.31. The van der Waals surface area contributed by atoms with Crippen molar-refractivity contribution in [1.29, 1.82) is 5.26 Å². The highest BCUT2D eigenvalue weighted by molar-refractivity contribution is 5.31. The SMILES string of the molecule is CNC(C#N)(CN1CCCOCC1)c1ccccc1. The molecule has 1 heterocycles. The fourth-order valence-corrected chi connectivity index (χ4v) is 2.48. The van der Waals surface area contributed by atoms with E-state index < -0.39 is 5.54 Å². The highest BCUT2D eigenvalue weighted by Crippen LogP contribution is 2.22. The van der Waals surface area contributed by atoms with Crippen molar-refractivity contribution >= 4 is 0 Å². The van der Waals surface area contributed by atoms with Crippen molar-refractivity contribution in [3.8, 4) is 6.07 Å². The monoisotopic (exact) mass is 259 g/mol. The van der Waals surface area contributed by atoms with Crippen LogP contribution in [0.15, 0.2) is 30.3 Å². The van der Waals surface area contributed by atoms with Gasteiger partial charge in [0, 0.05) is 26.2 Å². The zero-order valence-electron chi connectivity index (χ0n) is 11.4. The van der Waals surface area contributed by atoms with Gasteiger partial charge < -0.3 is 4.74 Å². The summed E-state index contributed by atoms with van der Waals surface area (Å²) in [7, 11) is 1.85. The third kappa shape index (κ3) is 3.32. The van der Waals surface area contributed by atoms with Crippen molar-refractivity contribution in [3.05, 3.63) is 35.9 Å². The summed E-state index contributed by atoms with van der Waals surface area (Å²) < 4.78 is 5.47. The Bertz CT molecular complexity index is 421. The molecule has 1 N–H and O–H groups in total. The van der Waals surface area contributed by atoms with Gasteiger partial charge in [-0.2, -0.15) is 5.26 Å². The van der Waals surface area contributed by atoms with Crippen LogP contribution < -0.4 is 5.32 Å². The molecule has 4 heteroatoms. The minimum absolute atomic E-state index is 0.647. The van der Waals surface area contributed by atoms with Crippen LogP contribution >= 0.6 is 0 Å². The zero-order valence-corrected chi connectivity index (χ0v) is 11.4. The Balaban J connectivity index is 2.17. The Morgan fingerprint density at radius 3 is 2.79 bits per heavy atom. The molecule has 102 valence electrons. The topological polar surface area (TPSA) is 48.3 Å². The number of nitriles is 1. The summed E-state index contributed by atoms with van der Waals surface area (Å²) in [5.41, 5.74) is 0.371. The first-order chi connectivity index (χ1) is 9.30. The summed E-state index contributed by atoms with van der Waals surface area (Å²) in [5, 5.41) is 12.9. The fraction of sp³-hybridized carbons (Fsp3) is 0.533. The van der Waals surface area contributed by atoms with Gasteiger partial charge in [-0.1, -0.05) is 30.3 Å². The molecule has 1 aromatic carbocycles. The second-order valence-electron chi connectivity index (χ2n) is 4.88. The predicted molar refractivity (Wildman–Crippen MR) is 74.7 cm³/mol. The Kier molecular flexibility index (Phi) is 4.92. The number of hydrogen-bond acceptors (Lipinski definition) is 4. The molecular weight excluding hydrogens is 238 g/mol. The molecule has 1 unspecified atom stereocenters.